The van der Waals surface area contributed by atoms with E-state index in [1.807, 2.05) is 110 Å². The number of amides is 3. The maximum absolute atomic E-state index is 14.5. The van der Waals surface area contributed by atoms with Crippen LogP contribution in [0.1, 0.15) is 100 Å². The van der Waals surface area contributed by atoms with Crippen molar-refractivity contribution in [2.75, 3.05) is 68.1 Å². The summed E-state index contributed by atoms with van der Waals surface area (Å²) in [5.74, 6) is -1.09. The van der Waals surface area contributed by atoms with Crippen molar-refractivity contribution in [3.63, 3.8) is 0 Å². The van der Waals surface area contributed by atoms with Crippen LogP contribution in [0.5, 0.6) is 0 Å². The molecule has 2 aliphatic rings. The third-order valence-electron chi connectivity index (χ3n) is 13.2. The van der Waals surface area contributed by atoms with Crippen LogP contribution in [0.3, 0.4) is 0 Å². The molecule has 1 aromatic carbocycles. The molecule has 2 aliphatic heterocycles. The maximum atomic E-state index is 14.5. The molecule has 3 rings (SSSR count). The van der Waals surface area contributed by atoms with Crippen molar-refractivity contribution >= 4 is 29.7 Å². The van der Waals surface area contributed by atoms with E-state index in [-0.39, 0.29) is 53.9 Å². The first kappa shape index (κ1) is 51.6. The van der Waals surface area contributed by atoms with Gasteiger partial charge in [0, 0.05) is 79.9 Å². The van der Waals surface area contributed by atoms with Crippen molar-refractivity contribution < 1.29 is 33.4 Å². The van der Waals surface area contributed by atoms with Crippen molar-refractivity contribution in [3.8, 4) is 0 Å². The van der Waals surface area contributed by atoms with Gasteiger partial charge in [0.1, 0.15) is 17.7 Å². The molecule has 0 aromatic heterocycles. The Hall–Kier alpha value is -3.75. The first-order valence-corrected chi connectivity index (χ1v) is 22.5. The quantitative estimate of drug-likeness (QED) is 0.113. The summed E-state index contributed by atoms with van der Waals surface area (Å²) >= 11 is 0. The van der Waals surface area contributed by atoms with Crippen molar-refractivity contribution in [2.45, 2.75) is 143 Å². The third kappa shape index (κ3) is 13.6. The zero-order valence-electron chi connectivity index (χ0n) is 40.2. The summed E-state index contributed by atoms with van der Waals surface area (Å²) in [6.45, 7) is 23.6. The lowest BCUT2D eigenvalue weighted by molar-refractivity contribution is -0.171. The van der Waals surface area contributed by atoms with Crippen LogP contribution in [0.15, 0.2) is 35.3 Å². The number of likely N-dealkylation sites (N-methyl/N-ethyl adjacent to an activating group) is 1. The number of ether oxygens (including phenoxy) is 3. The molecule has 0 bridgehead atoms. The third-order valence-corrected chi connectivity index (χ3v) is 13.2. The predicted molar refractivity (Wildman–Crippen MR) is 242 cm³/mol. The van der Waals surface area contributed by atoms with E-state index in [0.29, 0.717) is 13.0 Å². The van der Waals surface area contributed by atoms with Crippen molar-refractivity contribution in [2.24, 2.45) is 28.2 Å². The first-order chi connectivity index (χ1) is 28.6. The number of nitrogens with one attached hydrogen (secondary N) is 2. The molecule has 3 amide bonds. The van der Waals surface area contributed by atoms with Gasteiger partial charge in [-0.1, -0.05) is 92.1 Å². The molecule has 0 saturated carbocycles. The molecule has 61 heavy (non-hydrogen) atoms. The van der Waals surface area contributed by atoms with E-state index in [1.165, 1.54) is 0 Å². The Morgan fingerprint density at radius 1 is 0.934 bits per heavy atom. The van der Waals surface area contributed by atoms with E-state index in [0.717, 1.165) is 50.5 Å². The second-order valence-electron chi connectivity index (χ2n) is 19.3. The smallest absolute Gasteiger partial charge is 0.329 e. The Bertz CT molecular complexity index is 1590. The number of carbonyl (C=O) groups is 4. The summed E-state index contributed by atoms with van der Waals surface area (Å²) in [5, 5.41) is 6.39. The monoisotopic (exact) mass is 856 g/mol. The van der Waals surface area contributed by atoms with E-state index < -0.39 is 47.8 Å². The zero-order valence-corrected chi connectivity index (χ0v) is 40.2. The second kappa shape index (κ2) is 23.1. The topological polar surface area (TPSA) is 145 Å². The summed E-state index contributed by atoms with van der Waals surface area (Å²) in [7, 11) is 8.89. The SMILES string of the molecule is CC[C@H](C)[C@@H]([C@@H](CC(=O)N1CCC[C@H]1[C@H](OC)[C@@H](C)C(=O)N[C@@H](Cc1ccccc1)C(=O)OC(C)(C)C(C)(C)C)OC)N(C)C(=O)[C@@H](N=C(N(C)C)N1CCNCC1)C(C)C. The van der Waals surface area contributed by atoms with Crippen LogP contribution in [0.25, 0.3) is 0 Å². The van der Waals surface area contributed by atoms with Crippen LogP contribution in [0, 0.1) is 23.2 Å². The fourth-order valence-corrected chi connectivity index (χ4v) is 8.30. The highest BCUT2D eigenvalue weighted by Crippen LogP contribution is 2.34. The lowest BCUT2D eigenvalue weighted by Crippen LogP contribution is -2.56. The van der Waals surface area contributed by atoms with Gasteiger partial charge in [-0.3, -0.25) is 14.4 Å². The van der Waals surface area contributed by atoms with Crippen molar-refractivity contribution in [1.29, 1.82) is 0 Å². The van der Waals surface area contributed by atoms with E-state index >= 15 is 0 Å². The van der Waals surface area contributed by atoms with Gasteiger partial charge in [-0.25, -0.2) is 9.79 Å². The number of esters is 1. The second-order valence-corrected chi connectivity index (χ2v) is 19.3. The highest BCUT2D eigenvalue weighted by molar-refractivity contribution is 5.88. The molecule has 0 aliphatic carbocycles. The molecule has 14 heteroatoms. The number of carbonyl (C=O) groups excluding carboxylic acids is 4. The molecule has 14 nitrogen and oxygen atoms in total. The average molecular weight is 856 g/mol. The summed E-state index contributed by atoms with van der Waals surface area (Å²) in [4.78, 5) is 69.8. The van der Waals surface area contributed by atoms with Gasteiger partial charge in [0.15, 0.2) is 5.96 Å². The lowest BCUT2D eigenvalue weighted by Gasteiger charge is -2.41. The summed E-state index contributed by atoms with van der Waals surface area (Å²) in [5.41, 5.74) is -0.251. The number of hydrogen-bond donors (Lipinski definition) is 2. The number of nitrogens with zero attached hydrogens (tertiary/aromatic N) is 5. The zero-order chi connectivity index (χ0) is 45.8. The van der Waals surface area contributed by atoms with Gasteiger partial charge in [0.25, 0.3) is 0 Å². The van der Waals surface area contributed by atoms with Gasteiger partial charge in [0.2, 0.25) is 17.7 Å². The molecule has 2 saturated heterocycles. The first-order valence-electron chi connectivity index (χ1n) is 22.5. The standard InChI is InChI=1S/C47H81N7O7/c1-16-32(4)40(52(13)43(57)39(31(2)3)50-45(51(11)12)53-27-24-48-25-28-53)37(59-14)30-38(55)54-26-20-23-36(54)41(60-15)33(5)42(56)49-35(29-34-21-18-17-19-22-34)44(58)61-47(9,10)46(6,7)8/h17-19,21-22,31-33,35-37,39-41,48H,16,20,23-30H2,1-15H3,(H,49,56)/t32-,33+,35-,36-,37+,39-,40-,41+/m0/s1. The predicted octanol–water partition coefficient (Wildman–Crippen LogP) is 4.85. The summed E-state index contributed by atoms with van der Waals surface area (Å²) < 4.78 is 18.2. The number of likely N-dealkylation sites (tertiary alicyclic amines) is 1. The van der Waals surface area contributed by atoms with E-state index in [9.17, 15) is 19.2 Å². The fraction of sp³-hybridized carbons (Fsp3) is 0.766. The Morgan fingerprint density at radius 2 is 1.56 bits per heavy atom. The minimum atomic E-state index is -0.935. The van der Waals surface area contributed by atoms with Gasteiger partial charge in [-0.15, -0.1) is 0 Å². The van der Waals surface area contributed by atoms with Gasteiger partial charge in [-0.2, -0.15) is 0 Å². The molecule has 0 unspecified atom stereocenters. The Labute approximate surface area is 367 Å². The molecule has 2 N–H and O–H groups in total. The largest absolute Gasteiger partial charge is 0.458 e. The molecule has 8 atom stereocenters. The molecule has 2 heterocycles. The van der Waals surface area contributed by atoms with E-state index in [4.69, 9.17) is 19.2 Å². The van der Waals surface area contributed by atoms with Crippen LogP contribution in [-0.4, -0.2) is 159 Å². The molecular weight excluding hydrogens is 775 g/mol. The van der Waals surface area contributed by atoms with Gasteiger partial charge >= 0.3 is 5.97 Å². The van der Waals surface area contributed by atoms with Crippen molar-refractivity contribution in [3.05, 3.63) is 35.9 Å². The maximum Gasteiger partial charge on any atom is 0.329 e. The molecule has 346 valence electrons. The normalized spacial score (nSPS) is 20.0. The van der Waals surface area contributed by atoms with Crippen LogP contribution in [0.4, 0.5) is 0 Å². The Morgan fingerprint density at radius 3 is 2.08 bits per heavy atom. The van der Waals surface area contributed by atoms with Crippen LogP contribution in [-0.2, 0) is 39.8 Å². The number of benzene rings is 1. The van der Waals surface area contributed by atoms with Crippen molar-refractivity contribution in [1.82, 2.24) is 30.2 Å². The number of rotatable bonds is 19. The summed E-state index contributed by atoms with van der Waals surface area (Å²) in [6, 6.07) is 7.19. The van der Waals surface area contributed by atoms with Crippen LogP contribution in [0.2, 0.25) is 0 Å². The van der Waals surface area contributed by atoms with Crippen LogP contribution < -0.4 is 10.6 Å². The van der Waals surface area contributed by atoms with E-state index in [1.54, 1.807) is 26.0 Å². The average Bonchev–Trinajstić information content (AvgIpc) is 3.70. The molecule has 2 fully saturated rings. The minimum absolute atomic E-state index is 0.0132. The lowest BCUT2D eigenvalue weighted by atomic mass is 9.79. The highest BCUT2D eigenvalue weighted by Gasteiger charge is 2.44. The Balaban J connectivity index is 1.84. The highest BCUT2D eigenvalue weighted by atomic mass is 16.6. The number of guanidine groups is 1. The molecule has 0 radical (unpaired) electrons. The Kier molecular flexibility index (Phi) is 19.5. The number of aliphatic imine (C=N–C) groups is 1. The number of piperazine rings is 1. The van der Waals surface area contributed by atoms with Crippen LogP contribution >= 0.6 is 0 Å². The van der Waals surface area contributed by atoms with Gasteiger partial charge < -0.3 is 44.4 Å². The fourth-order valence-electron chi connectivity index (χ4n) is 8.30. The molecule has 1 aromatic rings. The summed E-state index contributed by atoms with van der Waals surface area (Å²) in [6.07, 6.45) is 1.23. The van der Waals surface area contributed by atoms with E-state index in [2.05, 4.69) is 29.4 Å². The molecule has 0 spiro atoms. The number of hydrogen-bond acceptors (Lipinski definition) is 9. The molecular formula is C47H81N7O7. The minimum Gasteiger partial charge on any atom is -0.458 e. The van der Waals surface area contributed by atoms with Gasteiger partial charge in [0.05, 0.1) is 36.6 Å². The number of methoxy groups -OCH3 is 2. The van der Waals surface area contributed by atoms with Gasteiger partial charge in [-0.05, 0) is 44.1 Å².